The Morgan fingerprint density at radius 3 is 2.32 bits per heavy atom. The standard InChI is InChI=1S/C30H29Br2N3O6/c1-5-38-30(37)20(4)40-28-25(31)14-21(15-26(28)32)16-33-34-29(36)27-13-12-24(41-27)17-39-23-10-8-22(9-11-23)35-18(2)6-7-19(35)3/h6-16,20H,5,17H2,1-4H3,(H,34,36)/b33-16+/t20-/m1/s1. The first-order valence-electron chi connectivity index (χ1n) is 12.8. The first-order valence-corrected chi connectivity index (χ1v) is 14.4. The first kappa shape index (κ1) is 30.1. The fourth-order valence-electron chi connectivity index (χ4n) is 3.97. The number of nitrogens with zero attached hydrogens (tertiary/aromatic N) is 2. The number of aryl methyl sites for hydroxylation is 2. The van der Waals surface area contributed by atoms with Crippen molar-refractivity contribution in [3.63, 3.8) is 0 Å². The van der Waals surface area contributed by atoms with Crippen LogP contribution < -0.4 is 14.9 Å². The first-order chi connectivity index (χ1) is 19.7. The molecule has 4 rings (SSSR count). The summed E-state index contributed by atoms with van der Waals surface area (Å²) in [6.07, 6.45) is 0.688. The molecule has 4 aromatic rings. The van der Waals surface area contributed by atoms with E-state index in [1.807, 2.05) is 24.3 Å². The van der Waals surface area contributed by atoms with Crippen molar-refractivity contribution in [2.24, 2.45) is 5.10 Å². The van der Waals surface area contributed by atoms with Gasteiger partial charge in [0.05, 0.1) is 21.8 Å². The third-order valence-electron chi connectivity index (χ3n) is 5.95. The van der Waals surface area contributed by atoms with Gasteiger partial charge in [0, 0.05) is 17.1 Å². The topological polar surface area (TPSA) is 104 Å². The van der Waals surface area contributed by atoms with Crippen molar-refractivity contribution >= 4 is 50.0 Å². The van der Waals surface area contributed by atoms with Gasteiger partial charge in [-0.2, -0.15) is 5.10 Å². The second kappa shape index (κ2) is 13.7. The van der Waals surface area contributed by atoms with Gasteiger partial charge in [0.1, 0.15) is 23.9 Å². The summed E-state index contributed by atoms with van der Waals surface area (Å²) < 4.78 is 25.5. The van der Waals surface area contributed by atoms with E-state index >= 15 is 0 Å². The highest BCUT2D eigenvalue weighted by Gasteiger charge is 2.19. The van der Waals surface area contributed by atoms with Crippen LogP contribution in [0.4, 0.5) is 0 Å². The molecule has 0 aliphatic carbocycles. The zero-order valence-electron chi connectivity index (χ0n) is 22.9. The van der Waals surface area contributed by atoms with Crippen LogP contribution in [-0.4, -0.2) is 35.4 Å². The normalized spacial score (nSPS) is 11.9. The minimum atomic E-state index is -0.783. The van der Waals surface area contributed by atoms with Crippen LogP contribution in [0.15, 0.2) is 79.1 Å². The van der Waals surface area contributed by atoms with Gasteiger partial charge in [0.25, 0.3) is 0 Å². The van der Waals surface area contributed by atoms with Gasteiger partial charge in [-0.05, 0) is 126 Å². The van der Waals surface area contributed by atoms with Gasteiger partial charge in [0.2, 0.25) is 0 Å². The van der Waals surface area contributed by atoms with E-state index < -0.39 is 18.0 Å². The van der Waals surface area contributed by atoms with Gasteiger partial charge in [-0.1, -0.05) is 0 Å². The van der Waals surface area contributed by atoms with Crippen molar-refractivity contribution in [3.05, 3.63) is 98.1 Å². The number of aromatic nitrogens is 1. The molecular formula is C30H29Br2N3O6. The largest absolute Gasteiger partial charge is 0.486 e. The number of hydrogen-bond donors (Lipinski definition) is 1. The molecular weight excluding hydrogens is 658 g/mol. The van der Waals surface area contributed by atoms with Gasteiger partial charge in [-0.25, -0.2) is 10.2 Å². The predicted octanol–water partition coefficient (Wildman–Crippen LogP) is 6.89. The molecule has 0 bridgehead atoms. The quantitative estimate of drug-likeness (QED) is 0.105. The highest BCUT2D eigenvalue weighted by atomic mass is 79.9. The molecule has 0 aliphatic heterocycles. The van der Waals surface area contributed by atoms with Crippen LogP contribution in [0.25, 0.3) is 5.69 Å². The van der Waals surface area contributed by atoms with Crippen LogP contribution >= 0.6 is 31.9 Å². The molecule has 0 fully saturated rings. The summed E-state index contributed by atoms with van der Waals surface area (Å²) in [6, 6.07) is 18.7. The molecule has 11 heteroatoms. The van der Waals surface area contributed by atoms with E-state index in [1.54, 1.807) is 38.1 Å². The molecule has 1 N–H and O–H groups in total. The van der Waals surface area contributed by atoms with Crippen molar-refractivity contribution in [2.75, 3.05) is 6.61 Å². The number of carbonyl (C=O) groups excluding carboxylic acids is 2. The number of amides is 1. The fourth-order valence-corrected chi connectivity index (χ4v) is 5.38. The molecule has 214 valence electrons. The molecule has 0 spiro atoms. The van der Waals surface area contributed by atoms with E-state index in [2.05, 4.69) is 72.9 Å². The summed E-state index contributed by atoms with van der Waals surface area (Å²) in [6.45, 7) is 7.91. The molecule has 0 unspecified atom stereocenters. The Balaban J connectivity index is 1.30. The molecule has 0 radical (unpaired) electrons. The van der Waals surface area contributed by atoms with E-state index in [0.29, 0.717) is 31.8 Å². The van der Waals surface area contributed by atoms with Crippen LogP contribution in [0, 0.1) is 13.8 Å². The number of carbonyl (C=O) groups is 2. The number of ether oxygens (including phenoxy) is 3. The Kier molecular flexibility index (Phi) is 10.1. The van der Waals surface area contributed by atoms with Crippen molar-refractivity contribution in [1.82, 2.24) is 9.99 Å². The Hall–Kier alpha value is -3.83. The Morgan fingerprint density at radius 2 is 1.68 bits per heavy atom. The number of benzene rings is 2. The maximum absolute atomic E-state index is 12.5. The van der Waals surface area contributed by atoms with Gasteiger partial charge in [0.15, 0.2) is 11.9 Å². The van der Waals surface area contributed by atoms with Crippen molar-refractivity contribution in [1.29, 1.82) is 0 Å². The Bertz CT molecular complexity index is 1520. The second-order valence-corrected chi connectivity index (χ2v) is 10.7. The average molecular weight is 687 g/mol. The Morgan fingerprint density at radius 1 is 1.02 bits per heavy atom. The zero-order chi connectivity index (χ0) is 29.5. The third kappa shape index (κ3) is 7.68. The zero-order valence-corrected chi connectivity index (χ0v) is 26.1. The van der Waals surface area contributed by atoms with E-state index in [1.165, 1.54) is 6.21 Å². The number of rotatable bonds is 11. The molecule has 9 nitrogen and oxygen atoms in total. The lowest BCUT2D eigenvalue weighted by Crippen LogP contribution is -2.26. The molecule has 0 saturated heterocycles. The van der Waals surface area contributed by atoms with E-state index in [9.17, 15) is 9.59 Å². The second-order valence-electron chi connectivity index (χ2n) is 9.02. The number of hydrazone groups is 1. The summed E-state index contributed by atoms with van der Waals surface area (Å²) in [7, 11) is 0. The lowest BCUT2D eigenvalue weighted by molar-refractivity contribution is -0.150. The summed E-state index contributed by atoms with van der Waals surface area (Å²) in [5.41, 5.74) is 6.49. The highest BCUT2D eigenvalue weighted by molar-refractivity contribution is 9.11. The third-order valence-corrected chi connectivity index (χ3v) is 7.12. The molecule has 41 heavy (non-hydrogen) atoms. The Labute approximate surface area is 254 Å². The summed E-state index contributed by atoms with van der Waals surface area (Å²) in [5.74, 6) is 0.774. The number of hydrogen-bond acceptors (Lipinski definition) is 7. The molecule has 0 saturated carbocycles. The van der Waals surface area contributed by atoms with Crippen LogP contribution in [0.5, 0.6) is 11.5 Å². The SMILES string of the molecule is CCOC(=O)[C@@H](C)Oc1c(Br)cc(/C=N/NC(=O)c2ccc(COc3ccc(-n4c(C)ccc4C)cc3)o2)cc1Br. The van der Waals surface area contributed by atoms with E-state index in [4.69, 9.17) is 18.6 Å². The van der Waals surface area contributed by atoms with Crippen molar-refractivity contribution in [2.45, 2.75) is 40.4 Å². The molecule has 1 atom stereocenters. The predicted molar refractivity (Wildman–Crippen MR) is 162 cm³/mol. The number of nitrogens with one attached hydrogen (secondary N) is 1. The van der Waals surface area contributed by atoms with E-state index in [0.717, 1.165) is 17.1 Å². The minimum absolute atomic E-state index is 0.105. The van der Waals surface area contributed by atoms with Crippen LogP contribution in [0.3, 0.4) is 0 Å². The number of halogens is 2. The lowest BCUT2D eigenvalue weighted by Gasteiger charge is -2.16. The van der Waals surface area contributed by atoms with Gasteiger partial charge in [-0.15, -0.1) is 0 Å². The summed E-state index contributed by atoms with van der Waals surface area (Å²) >= 11 is 6.88. The monoisotopic (exact) mass is 685 g/mol. The van der Waals surface area contributed by atoms with E-state index in [-0.39, 0.29) is 19.0 Å². The van der Waals surface area contributed by atoms with Crippen molar-refractivity contribution < 1.29 is 28.2 Å². The average Bonchev–Trinajstić information content (AvgIpc) is 3.56. The molecule has 1 amide bonds. The molecule has 0 aliphatic rings. The summed E-state index contributed by atoms with van der Waals surface area (Å²) in [5, 5.41) is 4.01. The maximum Gasteiger partial charge on any atom is 0.347 e. The van der Waals surface area contributed by atoms with Crippen LogP contribution in [0.2, 0.25) is 0 Å². The van der Waals surface area contributed by atoms with Gasteiger partial charge in [-0.3, -0.25) is 4.79 Å². The van der Waals surface area contributed by atoms with Crippen LogP contribution in [-0.2, 0) is 16.1 Å². The molecule has 2 aromatic heterocycles. The highest BCUT2D eigenvalue weighted by Crippen LogP contribution is 2.35. The smallest absolute Gasteiger partial charge is 0.347 e. The lowest BCUT2D eigenvalue weighted by atomic mass is 10.2. The minimum Gasteiger partial charge on any atom is -0.486 e. The maximum atomic E-state index is 12.5. The number of furan rings is 1. The van der Waals surface area contributed by atoms with Crippen LogP contribution in [0.1, 0.15) is 47.1 Å². The van der Waals surface area contributed by atoms with Gasteiger partial charge >= 0.3 is 11.9 Å². The number of esters is 1. The fraction of sp³-hybridized carbons (Fsp3) is 0.233. The van der Waals surface area contributed by atoms with Gasteiger partial charge < -0.3 is 23.2 Å². The molecule has 2 aromatic carbocycles. The van der Waals surface area contributed by atoms with Crippen molar-refractivity contribution in [3.8, 4) is 17.2 Å². The molecule has 2 heterocycles. The summed E-state index contributed by atoms with van der Waals surface area (Å²) in [4.78, 5) is 24.4.